The number of nitrogens with one attached hydrogen (secondary N) is 1. The molecule has 8 heteroatoms. The van der Waals surface area contributed by atoms with E-state index in [1.165, 1.54) is 6.20 Å². The van der Waals surface area contributed by atoms with E-state index in [0.29, 0.717) is 17.8 Å². The third-order valence-electron chi connectivity index (χ3n) is 3.57. The van der Waals surface area contributed by atoms with Crippen LogP contribution in [0.2, 0.25) is 0 Å². The minimum absolute atomic E-state index is 0.0118. The van der Waals surface area contributed by atoms with Crippen LogP contribution in [0.5, 0.6) is 0 Å². The largest absolute Gasteiger partial charge is 0.348 e. The van der Waals surface area contributed by atoms with Crippen molar-refractivity contribution in [1.82, 2.24) is 19.7 Å². The van der Waals surface area contributed by atoms with Crippen molar-refractivity contribution < 1.29 is 13.2 Å². The summed E-state index contributed by atoms with van der Waals surface area (Å²) in [5.41, 5.74) is 0.429. The number of hydrogen-bond donors (Lipinski definition) is 1. The highest BCUT2D eigenvalue weighted by molar-refractivity contribution is 7.91. The molecule has 1 N–H and O–H groups in total. The predicted octanol–water partition coefficient (Wildman–Crippen LogP) is 0.128. The quantitative estimate of drug-likeness (QED) is 0.873. The standard InChI is InChI=1S/C13H16N4O3S/c1-16-13(17-5-2-3-6-17)11(8-14-16)12(18)15-10-4-7-21(19,20)9-10/h2-3,5-6,8,10H,4,7,9H2,1H3,(H,15,18). The van der Waals surface area contributed by atoms with Crippen molar-refractivity contribution in [2.75, 3.05) is 11.5 Å². The molecule has 0 saturated carbocycles. The smallest absolute Gasteiger partial charge is 0.256 e. The Bertz CT molecular complexity index is 761. The van der Waals surface area contributed by atoms with Crippen molar-refractivity contribution in [2.45, 2.75) is 12.5 Å². The normalized spacial score (nSPS) is 20.5. The number of carbonyl (C=O) groups is 1. The van der Waals surface area contributed by atoms with Crippen LogP contribution in [0.3, 0.4) is 0 Å². The lowest BCUT2D eigenvalue weighted by Crippen LogP contribution is -2.36. The minimum Gasteiger partial charge on any atom is -0.348 e. The molecule has 0 radical (unpaired) electrons. The van der Waals surface area contributed by atoms with Crippen LogP contribution < -0.4 is 5.32 Å². The summed E-state index contributed by atoms with van der Waals surface area (Å²) in [7, 11) is -1.26. The van der Waals surface area contributed by atoms with E-state index >= 15 is 0 Å². The molecule has 1 aliphatic heterocycles. The maximum atomic E-state index is 12.4. The molecule has 0 bridgehead atoms. The lowest BCUT2D eigenvalue weighted by atomic mass is 10.2. The van der Waals surface area contributed by atoms with E-state index in [1.54, 1.807) is 16.3 Å². The first-order valence-electron chi connectivity index (χ1n) is 6.63. The summed E-state index contributed by atoms with van der Waals surface area (Å²) in [6.45, 7) is 0. The fourth-order valence-electron chi connectivity index (χ4n) is 2.55. The summed E-state index contributed by atoms with van der Waals surface area (Å²) < 4.78 is 26.3. The molecule has 0 aromatic carbocycles. The molecule has 3 heterocycles. The maximum absolute atomic E-state index is 12.4. The lowest BCUT2D eigenvalue weighted by molar-refractivity contribution is 0.0941. The van der Waals surface area contributed by atoms with Gasteiger partial charge in [-0.2, -0.15) is 5.10 Å². The molecule has 1 fully saturated rings. The molecule has 1 aliphatic rings. The Balaban J connectivity index is 1.83. The first kappa shape index (κ1) is 13.9. The number of aryl methyl sites for hydroxylation is 1. The van der Waals surface area contributed by atoms with Crippen LogP contribution in [-0.4, -0.2) is 46.2 Å². The van der Waals surface area contributed by atoms with Crippen LogP contribution in [0.1, 0.15) is 16.8 Å². The molecule has 1 saturated heterocycles. The van der Waals surface area contributed by atoms with Crippen LogP contribution in [0.15, 0.2) is 30.7 Å². The van der Waals surface area contributed by atoms with Gasteiger partial charge in [-0.3, -0.25) is 9.48 Å². The van der Waals surface area contributed by atoms with Crippen LogP contribution >= 0.6 is 0 Å². The van der Waals surface area contributed by atoms with Crippen molar-refractivity contribution in [3.8, 4) is 5.82 Å². The van der Waals surface area contributed by atoms with Crippen LogP contribution in [0.25, 0.3) is 5.82 Å². The average molecular weight is 308 g/mol. The Morgan fingerprint density at radius 3 is 2.71 bits per heavy atom. The molecule has 2 aromatic heterocycles. The average Bonchev–Trinajstić information content (AvgIpc) is 3.09. The number of carbonyl (C=O) groups excluding carboxylic acids is 1. The molecule has 0 aliphatic carbocycles. The van der Waals surface area contributed by atoms with Crippen molar-refractivity contribution >= 4 is 15.7 Å². The zero-order valence-electron chi connectivity index (χ0n) is 11.6. The number of aromatic nitrogens is 3. The predicted molar refractivity (Wildman–Crippen MR) is 77.1 cm³/mol. The second-order valence-corrected chi connectivity index (χ2v) is 7.40. The van der Waals surface area contributed by atoms with Crippen LogP contribution in [0, 0.1) is 0 Å². The Hall–Kier alpha value is -2.09. The molecule has 0 spiro atoms. The van der Waals surface area contributed by atoms with Crippen LogP contribution in [0.4, 0.5) is 0 Å². The van der Waals surface area contributed by atoms with E-state index in [1.807, 2.05) is 24.5 Å². The van der Waals surface area contributed by atoms with Gasteiger partial charge >= 0.3 is 0 Å². The van der Waals surface area contributed by atoms with Gasteiger partial charge < -0.3 is 9.88 Å². The molecule has 3 rings (SSSR count). The highest BCUT2D eigenvalue weighted by Crippen LogP contribution is 2.16. The Kier molecular flexibility index (Phi) is 3.32. The number of hydrogen-bond acceptors (Lipinski definition) is 4. The zero-order chi connectivity index (χ0) is 15.0. The summed E-state index contributed by atoms with van der Waals surface area (Å²) in [4.78, 5) is 12.4. The van der Waals surface area contributed by atoms with Crippen molar-refractivity contribution in [1.29, 1.82) is 0 Å². The van der Waals surface area contributed by atoms with Gasteiger partial charge in [-0.1, -0.05) is 0 Å². The molecule has 1 amide bonds. The summed E-state index contributed by atoms with van der Waals surface area (Å²) in [6.07, 6.45) is 5.61. The van der Waals surface area contributed by atoms with E-state index in [4.69, 9.17) is 0 Å². The van der Waals surface area contributed by atoms with Gasteiger partial charge in [-0.25, -0.2) is 8.42 Å². The van der Waals surface area contributed by atoms with Crippen LogP contribution in [-0.2, 0) is 16.9 Å². The number of amides is 1. The van der Waals surface area contributed by atoms with Gasteiger partial charge in [0.05, 0.1) is 17.7 Å². The lowest BCUT2D eigenvalue weighted by Gasteiger charge is -2.12. The summed E-state index contributed by atoms with van der Waals surface area (Å²) >= 11 is 0. The number of rotatable bonds is 3. The first-order chi connectivity index (χ1) is 9.96. The molecule has 1 atom stereocenters. The summed E-state index contributed by atoms with van der Waals surface area (Å²) in [5.74, 6) is 0.500. The fourth-order valence-corrected chi connectivity index (χ4v) is 4.22. The highest BCUT2D eigenvalue weighted by atomic mass is 32.2. The SMILES string of the molecule is Cn1ncc(C(=O)NC2CCS(=O)(=O)C2)c1-n1cccc1. The van der Waals surface area contributed by atoms with E-state index in [2.05, 4.69) is 10.4 Å². The molecular weight excluding hydrogens is 292 g/mol. The number of sulfone groups is 1. The van der Waals surface area contributed by atoms with E-state index in [9.17, 15) is 13.2 Å². The zero-order valence-corrected chi connectivity index (χ0v) is 12.4. The molecule has 2 aromatic rings. The molecule has 7 nitrogen and oxygen atoms in total. The van der Waals surface area contributed by atoms with Gasteiger partial charge in [0.25, 0.3) is 5.91 Å². The molecule has 112 valence electrons. The van der Waals surface area contributed by atoms with Crippen molar-refractivity contribution in [3.63, 3.8) is 0 Å². The molecular formula is C13H16N4O3S. The van der Waals surface area contributed by atoms with Gasteiger partial charge in [0, 0.05) is 25.5 Å². The number of nitrogens with zero attached hydrogens (tertiary/aromatic N) is 3. The Labute approximate surface area is 122 Å². The third kappa shape index (κ3) is 2.71. The maximum Gasteiger partial charge on any atom is 0.256 e. The first-order valence-corrected chi connectivity index (χ1v) is 8.45. The highest BCUT2D eigenvalue weighted by Gasteiger charge is 2.30. The third-order valence-corrected chi connectivity index (χ3v) is 5.34. The van der Waals surface area contributed by atoms with Gasteiger partial charge in [0.15, 0.2) is 9.84 Å². The molecule has 1 unspecified atom stereocenters. The van der Waals surface area contributed by atoms with Gasteiger partial charge in [-0.15, -0.1) is 0 Å². The monoisotopic (exact) mass is 308 g/mol. The van der Waals surface area contributed by atoms with E-state index in [0.717, 1.165) is 0 Å². The summed E-state index contributed by atoms with van der Waals surface area (Å²) in [6, 6.07) is 3.40. The van der Waals surface area contributed by atoms with Gasteiger partial charge in [0.1, 0.15) is 11.4 Å². The van der Waals surface area contributed by atoms with E-state index in [-0.39, 0.29) is 23.5 Å². The van der Waals surface area contributed by atoms with Gasteiger partial charge in [-0.05, 0) is 18.6 Å². The van der Waals surface area contributed by atoms with Gasteiger partial charge in [0.2, 0.25) is 0 Å². The minimum atomic E-state index is -3.01. The fraction of sp³-hybridized carbons (Fsp3) is 0.385. The van der Waals surface area contributed by atoms with E-state index < -0.39 is 9.84 Å². The second-order valence-electron chi connectivity index (χ2n) is 5.17. The topological polar surface area (TPSA) is 86.0 Å². The Morgan fingerprint density at radius 2 is 2.10 bits per heavy atom. The van der Waals surface area contributed by atoms with Crippen molar-refractivity contribution in [3.05, 3.63) is 36.3 Å². The second kappa shape index (κ2) is 5.03. The Morgan fingerprint density at radius 1 is 1.38 bits per heavy atom. The van der Waals surface area contributed by atoms with Crippen molar-refractivity contribution in [2.24, 2.45) is 7.05 Å². The summed E-state index contributed by atoms with van der Waals surface area (Å²) in [5, 5.41) is 6.90. The molecule has 21 heavy (non-hydrogen) atoms.